The highest BCUT2D eigenvalue weighted by atomic mass is 16.1. The van der Waals surface area contributed by atoms with E-state index in [0.717, 1.165) is 5.56 Å². The highest BCUT2D eigenvalue weighted by Crippen LogP contribution is 2.09. The summed E-state index contributed by atoms with van der Waals surface area (Å²) < 4.78 is 0. The van der Waals surface area contributed by atoms with Gasteiger partial charge in [-0.1, -0.05) is 48.5 Å². The predicted molar refractivity (Wildman–Crippen MR) is 97.6 cm³/mol. The summed E-state index contributed by atoms with van der Waals surface area (Å²) in [6.07, 6.45) is 5.19. The molecule has 0 radical (unpaired) electrons. The molecule has 0 saturated heterocycles. The maximum atomic E-state index is 11.9. The van der Waals surface area contributed by atoms with Crippen molar-refractivity contribution in [3.05, 3.63) is 76.6 Å². The van der Waals surface area contributed by atoms with Crippen LogP contribution in [0, 0.1) is 0 Å². The van der Waals surface area contributed by atoms with Gasteiger partial charge in [0.25, 0.3) is 5.56 Å². The zero-order valence-electron chi connectivity index (χ0n) is 12.8. The summed E-state index contributed by atoms with van der Waals surface area (Å²) in [4.78, 5) is 26.8. The number of para-hydroxylation sites is 1. The summed E-state index contributed by atoms with van der Waals surface area (Å²) in [6.45, 7) is 0. The number of benzene rings is 2. The minimum atomic E-state index is -0.264. The molecule has 6 nitrogen and oxygen atoms in total. The molecule has 1 heterocycles. The van der Waals surface area contributed by atoms with Crippen molar-refractivity contribution in [3.63, 3.8) is 0 Å². The van der Waals surface area contributed by atoms with Crippen molar-refractivity contribution in [1.82, 2.24) is 9.97 Å². The summed E-state index contributed by atoms with van der Waals surface area (Å²) in [6, 6.07) is 16.8. The lowest BCUT2D eigenvalue weighted by Crippen LogP contribution is -2.11. The summed E-state index contributed by atoms with van der Waals surface area (Å²) >= 11 is 0. The van der Waals surface area contributed by atoms with Crippen LogP contribution in [0.5, 0.6) is 0 Å². The van der Waals surface area contributed by atoms with E-state index in [1.54, 1.807) is 30.3 Å². The van der Waals surface area contributed by atoms with Gasteiger partial charge in [0.2, 0.25) is 11.9 Å². The van der Waals surface area contributed by atoms with Crippen LogP contribution in [0.25, 0.3) is 17.0 Å². The quantitative estimate of drug-likeness (QED) is 0.574. The largest absolute Gasteiger partial charge is 0.368 e. The van der Waals surface area contributed by atoms with Gasteiger partial charge in [-0.25, -0.2) is 9.98 Å². The number of hydrogen-bond acceptors (Lipinski definition) is 3. The molecule has 0 unspecified atom stereocenters. The van der Waals surface area contributed by atoms with Gasteiger partial charge in [-0.3, -0.25) is 9.78 Å². The third-order valence-electron chi connectivity index (χ3n) is 3.20. The lowest BCUT2D eigenvalue weighted by Gasteiger charge is -1.98. The molecular weight excluding hydrogens is 302 g/mol. The maximum absolute atomic E-state index is 11.9. The first-order valence-electron chi connectivity index (χ1n) is 7.31. The lowest BCUT2D eigenvalue weighted by molar-refractivity contribution is 1.13. The van der Waals surface area contributed by atoms with Gasteiger partial charge >= 0.3 is 0 Å². The Bertz CT molecular complexity index is 987. The van der Waals surface area contributed by atoms with Gasteiger partial charge in [0.1, 0.15) is 0 Å². The van der Waals surface area contributed by atoms with Crippen LogP contribution in [0.2, 0.25) is 0 Å². The first-order valence-corrected chi connectivity index (χ1v) is 7.31. The van der Waals surface area contributed by atoms with Crippen LogP contribution in [0.1, 0.15) is 5.56 Å². The minimum Gasteiger partial charge on any atom is -0.368 e. The predicted octanol–water partition coefficient (Wildman–Crippen LogP) is 2.65. The average molecular weight is 317 g/mol. The van der Waals surface area contributed by atoms with E-state index in [4.69, 9.17) is 5.73 Å². The van der Waals surface area contributed by atoms with Crippen molar-refractivity contribution < 1.29 is 0 Å². The maximum Gasteiger partial charge on any atom is 0.260 e. The zero-order chi connectivity index (χ0) is 16.8. The van der Waals surface area contributed by atoms with Crippen LogP contribution in [-0.4, -0.2) is 22.1 Å². The molecule has 1 aromatic heterocycles. The van der Waals surface area contributed by atoms with E-state index in [1.807, 2.05) is 36.4 Å². The number of aromatic nitrogens is 2. The lowest BCUT2D eigenvalue weighted by atomic mass is 10.2. The Hall–Kier alpha value is -3.54. The number of nitrogens with one attached hydrogen (secondary N) is 1. The fourth-order valence-electron chi connectivity index (χ4n) is 2.10. The second kappa shape index (κ2) is 7.15. The van der Waals surface area contributed by atoms with Crippen molar-refractivity contribution >= 4 is 35.1 Å². The Morgan fingerprint density at radius 2 is 1.83 bits per heavy atom. The standard InChI is InChI=1S/C18H15N5O/c19-17(20-12-6-9-13-7-2-1-3-8-13)23-18-21-15-11-5-4-10-14(15)16(24)22-18/h1-12H,(H3,19,21,22,23,24)/b9-6+,20-12+. The number of aliphatic imine (C=N–C) groups is 2. The summed E-state index contributed by atoms with van der Waals surface area (Å²) in [5, 5.41) is 0.504. The molecule has 0 aliphatic heterocycles. The molecule has 0 aliphatic rings. The third-order valence-corrected chi connectivity index (χ3v) is 3.20. The number of nitrogens with two attached hydrogens (primary N) is 1. The van der Waals surface area contributed by atoms with E-state index in [2.05, 4.69) is 20.0 Å². The Morgan fingerprint density at radius 3 is 2.67 bits per heavy atom. The molecule has 118 valence electrons. The van der Waals surface area contributed by atoms with Gasteiger partial charge in [-0.2, -0.15) is 4.99 Å². The molecule has 2 aromatic carbocycles. The number of nitrogens with zero attached hydrogens (tertiary/aromatic N) is 3. The van der Waals surface area contributed by atoms with Crippen LogP contribution in [0.4, 0.5) is 5.95 Å². The van der Waals surface area contributed by atoms with Crippen LogP contribution in [-0.2, 0) is 0 Å². The van der Waals surface area contributed by atoms with Gasteiger partial charge in [0.05, 0.1) is 10.9 Å². The fraction of sp³-hybridized carbons (Fsp3) is 0. The second-order valence-corrected chi connectivity index (χ2v) is 4.92. The van der Waals surface area contributed by atoms with Crippen LogP contribution < -0.4 is 11.3 Å². The highest BCUT2D eigenvalue weighted by Gasteiger charge is 2.02. The first-order chi connectivity index (χ1) is 11.7. The number of fused-ring (bicyclic) bond motifs is 1. The van der Waals surface area contributed by atoms with E-state index in [-0.39, 0.29) is 17.5 Å². The normalized spacial score (nSPS) is 12.4. The number of rotatable bonds is 3. The molecule has 0 saturated carbocycles. The SMILES string of the molecule is NC(/N=C/C=C/c1ccccc1)=N\c1nc2ccccc2c(=O)[nH]1. The summed E-state index contributed by atoms with van der Waals surface area (Å²) in [5.41, 5.74) is 7.08. The van der Waals surface area contributed by atoms with E-state index in [1.165, 1.54) is 6.21 Å². The molecule has 0 aliphatic carbocycles. The Morgan fingerprint density at radius 1 is 1.08 bits per heavy atom. The fourth-order valence-corrected chi connectivity index (χ4v) is 2.10. The molecule has 6 heteroatoms. The second-order valence-electron chi connectivity index (χ2n) is 4.92. The average Bonchev–Trinajstić information content (AvgIpc) is 2.60. The summed E-state index contributed by atoms with van der Waals surface area (Å²) in [5.74, 6) is 0.131. The van der Waals surface area contributed by atoms with Crippen LogP contribution in [0.15, 0.2) is 75.5 Å². The monoisotopic (exact) mass is 317 g/mol. The molecule has 24 heavy (non-hydrogen) atoms. The van der Waals surface area contributed by atoms with E-state index in [9.17, 15) is 4.79 Å². The first kappa shape index (κ1) is 15.4. The number of hydrogen-bond donors (Lipinski definition) is 2. The van der Waals surface area contributed by atoms with Gasteiger partial charge in [-0.05, 0) is 23.8 Å². The van der Waals surface area contributed by atoms with E-state index in [0.29, 0.717) is 10.9 Å². The van der Waals surface area contributed by atoms with Crippen molar-refractivity contribution in [1.29, 1.82) is 0 Å². The molecule has 0 fully saturated rings. The molecule has 0 atom stereocenters. The van der Waals surface area contributed by atoms with Gasteiger partial charge in [0, 0.05) is 6.21 Å². The van der Waals surface area contributed by atoms with Gasteiger partial charge < -0.3 is 5.73 Å². The Labute approximate surface area is 138 Å². The van der Waals surface area contributed by atoms with Crippen LogP contribution in [0.3, 0.4) is 0 Å². The van der Waals surface area contributed by atoms with E-state index >= 15 is 0 Å². The number of allylic oxidation sites excluding steroid dienone is 1. The van der Waals surface area contributed by atoms with Crippen molar-refractivity contribution in [2.75, 3.05) is 0 Å². The molecule has 0 bridgehead atoms. The number of H-pyrrole nitrogens is 1. The topological polar surface area (TPSA) is 96.5 Å². The number of guanidine groups is 1. The van der Waals surface area contributed by atoms with Gasteiger partial charge in [-0.15, -0.1) is 0 Å². The molecule has 3 rings (SSSR count). The van der Waals surface area contributed by atoms with Gasteiger partial charge in [0.15, 0.2) is 0 Å². The Balaban J connectivity index is 1.77. The Kier molecular flexibility index (Phi) is 4.57. The highest BCUT2D eigenvalue weighted by molar-refractivity contribution is 5.92. The third kappa shape index (κ3) is 3.80. The zero-order valence-corrected chi connectivity index (χ0v) is 12.8. The minimum absolute atomic E-state index is 0.00569. The molecule has 0 spiro atoms. The molecule has 3 aromatic rings. The molecule has 0 amide bonds. The van der Waals surface area contributed by atoms with E-state index < -0.39 is 0 Å². The van der Waals surface area contributed by atoms with Crippen LogP contribution >= 0.6 is 0 Å². The van der Waals surface area contributed by atoms with Crippen molar-refractivity contribution in [2.24, 2.45) is 15.7 Å². The smallest absolute Gasteiger partial charge is 0.260 e. The van der Waals surface area contributed by atoms with Crippen molar-refractivity contribution in [3.8, 4) is 0 Å². The summed E-state index contributed by atoms with van der Waals surface area (Å²) in [7, 11) is 0. The van der Waals surface area contributed by atoms with Crippen molar-refractivity contribution in [2.45, 2.75) is 0 Å². The number of aromatic amines is 1. The molecule has 3 N–H and O–H groups in total. The molecular formula is C18H15N5O.